The highest BCUT2D eigenvalue weighted by atomic mass is 35.5. The number of hydrogen-bond donors (Lipinski definition) is 1. The molecule has 6 heteroatoms. The Hall–Kier alpha value is -1.46. The van der Waals surface area contributed by atoms with Gasteiger partial charge in [0, 0.05) is 25.4 Å². The van der Waals surface area contributed by atoms with Gasteiger partial charge in [-0.2, -0.15) is 4.98 Å². The molecule has 0 aliphatic heterocycles. The number of nitrogens with zero attached hydrogens (tertiary/aromatic N) is 3. The van der Waals surface area contributed by atoms with Gasteiger partial charge in [0.2, 0.25) is 5.89 Å². The molecule has 5 nitrogen and oxygen atoms in total. The van der Waals surface area contributed by atoms with Crippen molar-refractivity contribution in [2.45, 2.75) is 25.7 Å². The van der Waals surface area contributed by atoms with E-state index in [9.17, 15) is 0 Å². The normalized spacial score (nSPS) is 11.1. The van der Waals surface area contributed by atoms with Crippen LogP contribution in [0.5, 0.6) is 0 Å². The Morgan fingerprint density at radius 3 is 2.78 bits per heavy atom. The SMILES string of the molecule is CC(C)(CN)c1nc(Cc2cccnc2)no1.Cl. The second-order valence-corrected chi connectivity index (χ2v) is 4.64. The molecule has 18 heavy (non-hydrogen) atoms. The van der Waals surface area contributed by atoms with Gasteiger partial charge in [0.15, 0.2) is 5.82 Å². The van der Waals surface area contributed by atoms with Crippen LogP contribution in [0.25, 0.3) is 0 Å². The molecule has 0 aliphatic rings. The summed E-state index contributed by atoms with van der Waals surface area (Å²) in [5.41, 5.74) is 6.45. The number of hydrogen-bond acceptors (Lipinski definition) is 5. The number of rotatable bonds is 4. The van der Waals surface area contributed by atoms with Gasteiger partial charge in [-0.15, -0.1) is 12.4 Å². The first-order valence-corrected chi connectivity index (χ1v) is 5.54. The Morgan fingerprint density at radius 2 is 2.17 bits per heavy atom. The van der Waals surface area contributed by atoms with Gasteiger partial charge in [-0.3, -0.25) is 4.98 Å². The van der Waals surface area contributed by atoms with Gasteiger partial charge in [-0.05, 0) is 25.5 Å². The van der Waals surface area contributed by atoms with E-state index in [1.54, 1.807) is 12.4 Å². The van der Waals surface area contributed by atoms with E-state index in [-0.39, 0.29) is 17.8 Å². The molecule has 2 heterocycles. The molecule has 98 valence electrons. The molecule has 0 aromatic carbocycles. The van der Waals surface area contributed by atoms with E-state index in [0.29, 0.717) is 24.7 Å². The highest BCUT2D eigenvalue weighted by Gasteiger charge is 2.25. The second kappa shape index (κ2) is 5.93. The molecule has 2 N–H and O–H groups in total. The summed E-state index contributed by atoms with van der Waals surface area (Å²) in [6.07, 6.45) is 4.16. The first kappa shape index (κ1) is 14.6. The van der Waals surface area contributed by atoms with Gasteiger partial charge >= 0.3 is 0 Å². The molecule has 0 fully saturated rings. The van der Waals surface area contributed by atoms with Crippen molar-refractivity contribution >= 4 is 12.4 Å². The summed E-state index contributed by atoms with van der Waals surface area (Å²) < 4.78 is 5.23. The smallest absolute Gasteiger partial charge is 0.233 e. The minimum absolute atomic E-state index is 0. The molecule has 0 atom stereocenters. The van der Waals surface area contributed by atoms with Gasteiger partial charge in [-0.25, -0.2) is 0 Å². The summed E-state index contributed by atoms with van der Waals surface area (Å²) in [6.45, 7) is 4.43. The van der Waals surface area contributed by atoms with Crippen molar-refractivity contribution in [1.29, 1.82) is 0 Å². The molecule has 0 unspecified atom stereocenters. The zero-order valence-electron chi connectivity index (χ0n) is 10.5. The summed E-state index contributed by atoms with van der Waals surface area (Å²) in [6, 6.07) is 3.87. The van der Waals surface area contributed by atoms with E-state index < -0.39 is 0 Å². The van der Waals surface area contributed by atoms with Crippen LogP contribution in [0, 0.1) is 0 Å². The molecule has 0 aliphatic carbocycles. The Labute approximate surface area is 112 Å². The van der Waals surface area contributed by atoms with Crippen LogP contribution in [0.3, 0.4) is 0 Å². The van der Waals surface area contributed by atoms with Crippen molar-refractivity contribution in [3.63, 3.8) is 0 Å². The molecule has 0 spiro atoms. The lowest BCUT2D eigenvalue weighted by Crippen LogP contribution is -2.28. The number of aromatic nitrogens is 3. The van der Waals surface area contributed by atoms with E-state index in [1.807, 2.05) is 26.0 Å². The van der Waals surface area contributed by atoms with Crippen LogP contribution >= 0.6 is 12.4 Å². The minimum atomic E-state index is -0.278. The monoisotopic (exact) mass is 268 g/mol. The molecule has 0 saturated heterocycles. The molecule has 2 aromatic rings. The molecule has 2 rings (SSSR count). The van der Waals surface area contributed by atoms with Crippen molar-refractivity contribution < 1.29 is 4.52 Å². The summed E-state index contributed by atoms with van der Waals surface area (Å²) in [5.74, 6) is 1.24. The predicted molar refractivity (Wildman–Crippen MR) is 70.7 cm³/mol. The molecule has 0 bridgehead atoms. The van der Waals surface area contributed by atoms with Gasteiger partial charge in [0.1, 0.15) is 0 Å². The van der Waals surface area contributed by atoms with Crippen LogP contribution in [0.1, 0.15) is 31.1 Å². The quantitative estimate of drug-likeness (QED) is 0.913. The third kappa shape index (κ3) is 3.27. The van der Waals surface area contributed by atoms with E-state index in [4.69, 9.17) is 10.3 Å². The van der Waals surface area contributed by atoms with E-state index >= 15 is 0 Å². The first-order chi connectivity index (χ1) is 8.12. The molecular weight excluding hydrogens is 252 g/mol. The number of pyridine rings is 1. The Kier molecular flexibility index (Phi) is 4.81. The summed E-state index contributed by atoms with van der Waals surface area (Å²) in [5, 5.41) is 3.96. The average molecular weight is 269 g/mol. The Morgan fingerprint density at radius 1 is 1.39 bits per heavy atom. The van der Waals surface area contributed by atoms with Gasteiger partial charge in [0.05, 0.1) is 5.41 Å². The van der Waals surface area contributed by atoms with Gasteiger partial charge in [0.25, 0.3) is 0 Å². The zero-order valence-corrected chi connectivity index (χ0v) is 11.3. The van der Waals surface area contributed by atoms with Crippen LogP contribution < -0.4 is 5.73 Å². The van der Waals surface area contributed by atoms with Crippen molar-refractivity contribution in [3.05, 3.63) is 41.8 Å². The molecule has 0 amide bonds. The number of nitrogens with two attached hydrogens (primary N) is 1. The summed E-state index contributed by atoms with van der Waals surface area (Å²) in [4.78, 5) is 8.41. The van der Waals surface area contributed by atoms with Gasteiger partial charge < -0.3 is 10.3 Å². The fourth-order valence-corrected chi connectivity index (χ4v) is 1.37. The largest absolute Gasteiger partial charge is 0.339 e. The lowest BCUT2D eigenvalue weighted by Gasteiger charge is -2.15. The fraction of sp³-hybridized carbons (Fsp3) is 0.417. The number of halogens is 1. The third-order valence-electron chi connectivity index (χ3n) is 2.64. The van der Waals surface area contributed by atoms with Crippen molar-refractivity contribution in [3.8, 4) is 0 Å². The lowest BCUT2D eigenvalue weighted by molar-refractivity contribution is 0.309. The highest BCUT2D eigenvalue weighted by Crippen LogP contribution is 2.19. The van der Waals surface area contributed by atoms with Crippen LogP contribution in [0.2, 0.25) is 0 Å². The Bertz CT molecular complexity index is 484. The van der Waals surface area contributed by atoms with Crippen LogP contribution in [-0.4, -0.2) is 21.7 Å². The van der Waals surface area contributed by atoms with E-state index in [1.165, 1.54) is 0 Å². The van der Waals surface area contributed by atoms with Crippen LogP contribution in [-0.2, 0) is 11.8 Å². The standard InChI is InChI=1S/C12H16N4O.ClH/c1-12(2,8-13)11-15-10(16-17-11)6-9-4-3-5-14-7-9;/h3-5,7H,6,8,13H2,1-2H3;1H. The van der Waals surface area contributed by atoms with Crippen molar-refractivity contribution in [2.75, 3.05) is 6.54 Å². The molecule has 0 radical (unpaired) electrons. The average Bonchev–Trinajstić information content (AvgIpc) is 2.80. The first-order valence-electron chi connectivity index (χ1n) is 5.54. The maximum Gasteiger partial charge on any atom is 0.233 e. The van der Waals surface area contributed by atoms with E-state index in [0.717, 1.165) is 5.56 Å². The molecular formula is C12H17ClN4O. The summed E-state index contributed by atoms with van der Waals surface area (Å²) >= 11 is 0. The predicted octanol–water partition coefficient (Wildman–Crippen LogP) is 1.71. The third-order valence-corrected chi connectivity index (χ3v) is 2.64. The maximum absolute atomic E-state index is 5.66. The second-order valence-electron chi connectivity index (χ2n) is 4.64. The molecule has 0 saturated carbocycles. The van der Waals surface area contributed by atoms with Gasteiger partial charge in [-0.1, -0.05) is 11.2 Å². The van der Waals surface area contributed by atoms with E-state index in [2.05, 4.69) is 15.1 Å². The minimum Gasteiger partial charge on any atom is -0.339 e. The van der Waals surface area contributed by atoms with Crippen LogP contribution in [0.15, 0.2) is 29.0 Å². The zero-order chi connectivity index (χ0) is 12.3. The maximum atomic E-state index is 5.66. The lowest BCUT2D eigenvalue weighted by atomic mass is 9.94. The summed E-state index contributed by atoms with van der Waals surface area (Å²) in [7, 11) is 0. The van der Waals surface area contributed by atoms with Crippen molar-refractivity contribution in [2.24, 2.45) is 5.73 Å². The fourth-order valence-electron chi connectivity index (χ4n) is 1.37. The van der Waals surface area contributed by atoms with Crippen LogP contribution in [0.4, 0.5) is 0 Å². The topological polar surface area (TPSA) is 77.8 Å². The molecule has 2 aromatic heterocycles. The highest BCUT2D eigenvalue weighted by molar-refractivity contribution is 5.85. The van der Waals surface area contributed by atoms with Crippen molar-refractivity contribution in [1.82, 2.24) is 15.1 Å². The Balaban J connectivity index is 0.00000162.